The van der Waals surface area contributed by atoms with Crippen LogP contribution < -0.4 is 4.90 Å². The van der Waals surface area contributed by atoms with Crippen LogP contribution in [0.3, 0.4) is 0 Å². The second-order valence-electron chi connectivity index (χ2n) is 4.77. The molecule has 0 saturated carbocycles. The first-order chi connectivity index (χ1) is 9.11. The molecule has 2 aromatic heterocycles. The third-order valence-electron chi connectivity index (χ3n) is 2.92. The number of likely N-dealkylation sites (N-methyl/N-ethyl adjacent to an activating group) is 1. The number of hydrogen-bond donors (Lipinski definition) is 0. The van der Waals surface area contributed by atoms with Gasteiger partial charge < -0.3 is 4.90 Å². The Hall–Kier alpha value is -1.20. The molecule has 2 heterocycles. The molecule has 0 unspecified atom stereocenters. The fourth-order valence-electron chi connectivity index (χ4n) is 1.82. The summed E-state index contributed by atoms with van der Waals surface area (Å²) >= 11 is 3.26. The average Bonchev–Trinajstić information content (AvgIpc) is 3.04. The Kier molecular flexibility index (Phi) is 4.71. The van der Waals surface area contributed by atoms with E-state index in [1.807, 2.05) is 7.05 Å². The minimum Gasteiger partial charge on any atom is -0.351 e. The number of carbonyl (C=O) groups is 1. The molecule has 0 atom stereocenters. The van der Waals surface area contributed by atoms with Crippen LogP contribution in [0.15, 0.2) is 17.5 Å². The van der Waals surface area contributed by atoms with E-state index >= 15 is 0 Å². The standard InChI is InChI=1S/C14H18N2OS2/c1-10(2)13-12(9-17)19-14(15-13)16(3)7-6-11-5-4-8-18-11/h4-5,8-10H,6-7H2,1-3H3. The lowest BCUT2D eigenvalue weighted by Gasteiger charge is -2.14. The predicted molar refractivity (Wildman–Crippen MR) is 82.9 cm³/mol. The first-order valence-electron chi connectivity index (χ1n) is 6.31. The molecule has 0 N–H and O–H groups in total. The maximum absolute atomic E-state index is 11.1. The van der Waals surface area contributed by atoms with Crippen molar-refractivity contribution in [3.8, 4) is 0 Å². The lowest BCUT2D eigenvalue weighted by atomic mass is 10.1. The Balaban J connectivity index is 2.06. The van der Waals surface area contributed by atoms with E-state index in [0.717, 1.165) is 35.0 Å². The molecule has 5 heteroatoms. The quantitative estimate of drug-likeness (QED) is 0.759. The van der Waals surface area contributed by atoms with Crippen LogP contribution in [0.2, 0.25) is 0 Å². The highest BCUT2D eigenvalue weighted by atomic mass is 32.1. The van der Waals surface area contributed by atoms with Crippen molar-refractivity contribution in [3.63, 3.8) is 0 Å². The average molecular weight is 294 g/mol. The number of rotatable bonds is 6. The van der Waals surface area contributed by atoms with E-state index < -0.39 is 0 Å². The highest BCUT2D eigenvalue weighted by Gasteiger charge is 2.15. The van der Waals surface area contributed by atoms with Crippen molar-refractivity contribution >= 4 is 34.1 Å². The Labute approximate surface area is 121 Å². The van der Waals surface area contributed by atoms with Crippen molar-refractivity contribution in [3.05, 3.63) is 33.0 Å². The summed E-state index contributed by atoms with van der Waals surface area (Å²) in [6.07, 6.45) is 1.94. The van der Waals surface area contributed by atoms with Gasteiger partial charge in [-0.3, -0.25) is 4.79 Å². The molecule has 0 aliphatic rings. The van der Waals surface area contributed by atoms with Crippen molar-refractivity contribution in [2.75, 3.05) is 18.5 Å². The maximum atomic E-state index is 11.1. The molecular formula is C14H18N2OS2. The summed E-state index contributed by atoms with van der Waals surface area (Å²) in [4.78, 5) is 19.9. The normalized spacial score (nSPS) is 10.9. The van der Waals surface area contributed by atoms with Crippen molar-refractivity contribution < 1.29 is 4.79 Å². The monoisotopic (exact) mass is 294 g/mol. The van der Waals surface area contributed by atoms with Crippen LogP contribution in [0.5, 0.6) is 0 Å². The van der Waals surface area contributed by atoms with Gasteiger partial charge in [-0.1, -0.05) is 31.3 Å². The van der Waals surface area contributed by atoms with Gasteiger partial charge >= 0.3 is 0 Å². The Morgan fingerprint density at radius 1 is 1.47 bits per heavy atom. The molecule has 2 aromatic rings. The molecule has 0 spiro atoms. The van der Waals surface area contributed by atoms with Gasteiger partial charge in [0.1, 0.15) is 0 Å². The van der Waals surface area contributed by atoms with E-state index in [9.17, 15) is 4.79 Å². The summed E-state index contributed by atoms with van der Waals surface area (Å²) in [6.45, 7) is 5.05. The summed E-state index contributed by atoms with van der Waals surface area (Å²) in [5, 5.41) is 3.03. The number of aromatic nitrogens is 1. The van der Waals surface area contributed by atoms with Gasteiger partial charge in [-0.05, 0) is 23.8 Å². The summed E-state index contributed by atoms with van der Waals surface area (Å²) < 4.78 is 0. The van der Waals surface area contributed by atoms with Crippen molar-refractivity contribution in [2.45, 2.75) is 26.2 Å². The summed E-state index contributed by atoms with van der Waals surface area (Å²) in [7, 11) is 2.03. The van der Waals surface area contributed by atoms with Gasteiger partial charge in [0.25, 0.3) is 0 Å². The van der Waals surface area contributed by atoms with E-state index in [0.29, 0.717) is 0 Å². The second kappa shape index (κ2) is 6.30. The van der Waals surface area contributed by atoms with E-state index in [-0.39, 0.29) is 5.92 Å². The Bertz CT molecular complexity index is 532. The van der Waals surface area contributed by atoms with Crippen LogP contribution in [0.1, 0.15) is 40.0 Å². The zero-order valence-electron chi connectivity index (χ0n) is 11.4. The van der Waals surface area contributed by atoms with Crippen LogP contribution in [0.25, 0.3) is 0 Å². The number of anilines is 1. The minimum atomic E-state index is 0.288. The second-order valence-corrected chi connectivity index (χ2v) is 6.81. The van der Waals surface area contributed by atoms with Gasteiger partial charge in [0.15, 0.2) is 11.4 Å². The fraction of sp³-hybridized carbons (Fsp3) is 0.429. The molecule has 0 aliphatic heterocycles. The molecule has 0 amide bonds. The van der Waals surface area contributed by atoms with E-state index in [4.69, 9.17) is 0 Å². The molecular weight excluding hydrogens is 276 g/mol. The third-order valence-corrected chi connectivity index (χ3v) is 4.97. The van der Waals surface area contributed by atoms with E-state index in [1.165, 1.54) is 16.2 Å². The summed E-state index contributed by atoms with van der Waals surface area (Å²) in [5.74, 6) is 0.288. The molecule has 0 saturated heterocycles. The summed E-state index contributed by atoms with van der Waals surface area (Å²) in [6, 6.07) is 4.22. The number of aldehydes is 1. The van der Waals surface area contributed by atoms with Crippen LogP contribution in [-0.2, 0) is 6.42 Å². The largest absolute Gasteiger partial charge is 0.351 e. The van der Waals surface area contributed by atoms with E-state index in [1.54, 1.807) is 11.3 Å². The Morgan fingerprint density at radius 2 is 2.26 bits per heavy atom. The number of carbonyl (C=O) groups excluding carboxylic acids is 1. The first kappa shape index (κ1) is 14.2. The van der Waals surface area contributed by atoms with Gasteiger partial charge in [-0.2, -0.15) is 0 Å². The molecule has 2 rings (SSSR count). The van der Waals surface area contributed by atoms with Gasteiger partial charge in [0.2, 0.25) is 0 Å². The first-order valence-corrected chi connectivity index (χ1v) is 8.01. The maximum Gasteiger partial charge on any atom is 0.185 e. The van der Waals surface area contributed by atoms with Crippen molar-refractivity contribution in [1.82, 2.24) is 4.98 Å². The molecule has 0 bridgehead atoms. The lowest BCUT2D eigenvalue weighted by molar-refractivity contribution is 0.112. The van der Waals surface area contributed by atoms with E-state index in [2.05, 4.69) is 41.2 Å². The predicted octanol–water partition coefficient (Wildman–Crippen LogP) is 3.82. The van der Waals surface area contributed by atoms with Crippen LogP contribution in [-0.4, -0.2) is 24.9 Å². The number of thiazole rings is 1. The molecule has 19 heavy (non-hydrogen) atoms. The Morgan fingerprint density at radius 3 is 2.79 bits per heavy atom. The summed E-state index contributed by atoms with van der Waals surface area (Å²) in [5.41, 5.74) is 0.915. The van der Waals surface area contributed by atoms with Gasteiger partial charge in [-0.15, -0.1) is 11.3 Å². The highest BCUT2D eigenvalue weighted by molar-refractivity contribution is 7.17. The third kappa shape index (κ3) is 3.42. The minimum absolute atomic E-state index is 0.288. The van der Waals surface area contributed by atoms with Gasteiger partial charge in [0.05, 0.1) is 10.6 Å². The number of hydrogen-bond acceptors (Lipinski definition) is 5. The molecule has 3 nitrogen and oxygen atoms in total. The highest BCUT2D eigenvalue weighted by Crippen LogP contribution is 2.29. The van der Waals surface area contributed by atoms with Crippen LogP contribution in [0, 0.1) is 0 Å². The van der Waals surface area contributed by atoms with Gasteiger partial charge in [0, 0.05) is 18.5 Å². The van der Waals surface area contributed by atoms with Gasteiger partial charge in [-0.25, -0.2) is 4.98 Å². The zero-order valence-corrected chi connectivity index (χ0v) is 13.1. The molecule has 0 aromatic carbocycles. The van der Waals surface area contributed by atoms with Crippen molar-refractivity contribution in [2.24, 2.45) is 0 Å². The topological polar surface area (TPSA) is 33.2 Å². The SMILES string of the molecule is CC(C)c1nc(N(C)CCc2cccs2)sc1C=O. The molecule has 0 aliphatic carbocycles. The van der Waals surface area contributed by atoms with Crippen LogP contribution in [0.4, 0.5) is 5.13 Å². The number of thiophene rings is 1. The zero-order chi connectivity index (χ0) is 13.8. The molecule has 0 fully saturated rings. The fourth-order valence-corrected chi connectivity index (χ4v) is 3.54. The number of nitrogens with zero attached hydrogens (tertiary/aromatic N) is 2. The lowest BCUT2D eigenvalue weighted by Crippen LogP contribution is -2.19. The molecule has 102 valence electrons. The van der Waals surface area contributed by atoms with Crippen LogP contribution >= 0.6 is 22.7 Å². The van der Waals surface area contributed by atoms with Crippen molar-refractivity contribution in [1.29, 1.82) is 0 Å². The smallest absolute Gasteiger partial charge is 0.185 e. The molecule has 0 radical (unpaired) electrons.